The second kappa shape index (κ2) is 10.8. The smallest absolute Gasteiger partial charge is 0.166 e. The minimum atomic E-state index is 0.0364. The van der Waals surface area contributed by atoms with E-state index in [0.717, 1.165) is 33.4 Å². The molecule has 0 amide bonds. The van der Waals surface area contributed by atoms with Crippen molar-refractivity contribution in [2.75, 3.05) is 0 Å². The molecule has 0 saturated heterocycles. The second-order valence-electron chi connectivity index (χ2n) is 13.9. The standard InChI is InChI=1S/C41H38N4/c1-40(2,3)29-21-23-35-32(25-29)33-26-30(41(4,5)6)22-24-36(33)45(35)34-20-14-13-19-31(34)39-43-37(27-15-9-7-10-16-27)42-38(44-39)28-17-11-8-12-18-28/h7-26H,1-6H3. The van der Waals surface area contributed by atoms with Crippen molar-refractivity contribution in [2.24, 2.45) is 0 Å². The first-order valence-electron chi connectivity index (χ1n) is 15.6. The molecule has 0 unspecified atom stereocenters. The minimum Gasteiger partial charge on any atom is -0.309 e. The molecule has 222 valence electrons. The van der Waals surface area contributed by atoms with Gasteiger partial charge in [-0.2, -0.15) is 0 Å². The number of benzene rings is 5. The van der Waals surface area contributed by atoms with Gasteiger partial charge in [0, 0.05) is 27.5 Å². The van der Waals surface area contributed by atoms with Gasteiger partial charge in [-0.05, 0) is 58.4 Å². The van der Waals surface area contributed by atoms with Crippen LogP contribution in [0.25, 0.3) is 61.7 Å². The van der Waals surface area contributed by atoms with Crippen LogP contribution in [0.4, 0.5) is 0 Å². The number of hydrogen-bond donors (Lipinski definition) is 0. The molecule has 2 aromatic heterocycles. The largest absolute Gasteiger partial charge is 0.309 e. The molecule has 0 saturated carbocycles. The molecular formula is C41H38N4. The van der Waals surface area contributed by atoms with E-state index in [9.17, 15) is 0 Å². The monoisotopic (exact) mass is 586 g/mol. The summed E-state index contributed by atoms with van der Waals surface area (Å²) in [5.74, 6) is 1.95. The summed E-state index contributed by atoms with van der Waals surface area (Å²) in [7, 11) is 0. The van der Waals surface area contributed by atoms with E-state index in [1.54, 1.807) is 0 Å². The summed E-state index contributed by atoms with van der Waals surface area (Å²) >= 11 is 0. The quantitative estimate of drug-likeness (QED) is 0.206. The molecule has 0 aliphatic carbocycles. The van der Waals surface area contributed by atoms with Crippen molar-refractivity contribution in [3.63, 3.8) is 0 Å². The third kappa shape index (κ3) is 5.31. The Morgan fingerprint density at radius 3 is 1.33 bits per heavy atom. The molecule has 0 radical (unpaired) electrons. The molecule has 0 bridgehead atoms. The average Bonchev–Trinajstić information content (AvgIpc) is 3.37. The van der Waals surface area contributed by atoms with Crippen LogP contribution >= 0.6 is 0 Å². The van der Waals surface area contributed by atoms with Crippen molar-refractivity contribution in [2.45, 2.75) is 52.4 Å². The summed E-state index contributed by atoms with van der Waals surface area (Å²) in [6, 6.07) is 42.6. The van der Waals surface area contributed by atoms with E-state index in [1.165, 1.54) is 21.9 Å². The normalized spacial score (nSPS) is 12.2. The number of aromatic nitrogens is 4. The first-order valence-corrected chi connectivity index (χ1v) is 15.6. The summed E-state index contributed by atoms with van der Waals surface area (Å²) in [6.07, 6.45) is 0. The molecule has 45 heavy (non-hydrogen) atoms. The Balaban J connectivity index is 1.52. The van der Waals surface area contributed by atoms with Gasteiger partial charge in [-0.1, -0.05) is 126 Å². The van der Waals surface area contributed by atoms with Gasteiger partial charge in [0.25, 0.3) is 0 Å². The Hall–Kier alpha value is -5.09. The van der Waals surface area contributed by atoms with Crippen LogP contribution in [0.15, 0.2) is 121 Å². The number of hydrogen-bond acceptors (Lipinski definition) is 3. The highest BCUT2D eigenvalue weighted by Gasteiger charge is 2.23. The van der Waals surface area contributed by atoms with E-state index in [1.807, 2.05) is 60.7 Å². The molecule has 2 heterocycles. The maximum absolute atomic E-state index is 5.09. The number of fused-ring (bicyclic) bond motifs is 3. The molecule has 5 aromatic carbocycles. The summed E-state index contributed by atoms with van der Waals surface area (Å²) < 4.78 is 2.38. The van der Waals surface area contributed by atoms with Gasteiger partial charge in [-0.15, -0.1) is 0 Å². The number of para-hydroxylation sites is 1. The molecule has 4 nitrogen and oxygen atoms in total. The molecule has 4 heteroatoms. The van der Waals surface area contributed by atoms with Crippen LogP contribution in [0.2, 0.25) is 0 Å². The summed E-state index contributed by atoms with van der Waals surface area (Å²) in [6.45, 7) is 13.7. The van der Waals surface area contributed by atoms with Gasteiger partial charge in [0.2, 0.25) is 0 Å². The maximum atomic E-state index is 5.09. The summed E-state index contributed by atoms with van der Waals surface area (Å²) in [4.78, 5) is 15.1. The third-order valence-corrected chi connectivity index (χ3v) is 8.58. The van der Waals surface area contributed by atoms with Gasteiger partial charge < -0.3 is 4.57 Å². The zero-order valence-electron chi connectivity index (χ0n) is 26.8. The van der Waals surface area contributed by atoms with Crippen molar-refractivity contribution in [3.8, 4) is 39.9 Å². The lowest BCUT2D eigenvalue weighted by Crippen LogP contribution is -2.10. The van der Waals surface area contributed by atoms with E-state index in [-0.39, 0.29) is 10.8 Å². The Morgan fingerprint density at radius 1 is 0.444 bits per heavy atom. The van der Waals surface area contributed by atoms with Crippen LogP contribution in [0.1, 0.15) is 52.7 Å². The zero-order valence-corrected chi connectivity index (χ0v) is 26.8. The lowest BCUT2D eigenvalue weighted by molar-refractivity contribution is 0.590. The highest BCUT2D eigenvalue weighted by Crippen LogP contribution is 2.39. The first-order chi connectivity index (χ1) is 21.6. The molecule has 0 spiro atoms. The Morgan fingerprint density at radius 2 is 0.867 bits per heavy atom. The van der Waals surface area contributed by atoms with Gasteiger partial charge >= 0.3 is 0 Å². The molecule has 0 N–H and O–H groups in total. The SMILES string of the molecule is CC(C)(C)c1ccc2c(c1)c1cc(C(C)(C)C)ccc1n2-c1ccccc1-c1nc(-c2ccccc2)nc(-c2ccccc2)n1. The van der Waals surface area contributed by atoms with Crippen molar-refractivity contribution in [3.05, 3.63) is 132 Å². The highest BCUT2D eigenvalue weighted by molar-refractivity contribution is 6.10. The van der Waals surface area contributed by atoms with Crippen molar-refractivity contribution < 1.29 is 0 Å². The third-order valence-electron chi connectivity index (χ3n) is 8.58. The lowest BCUT2D eigenvalue weighted by Gasteiger charge is -2.19. The Labute approximate surface area is 265 Å². The highest BCUT2D eigenvalue weighted by atomic mass is 15.1. The van der Waals surface area contributed by atoms with Crippen LogP contribution in [-0.2, 0) is 10.8 Å². The van der Waals surface area contributed by atoms with Crippen LogP contribution in [0, 0.1) is 0 Å². The zero-order chi connectivity index (χ0) is 31.3. The van der Waals surface area contributed by atoms with Gasteiger partial charge in [0.1, 0.15) is 0 Å². The van der Waals surface area contributed by atoms with Gasteiger partial charge in [-0.25, -0.2) is 15.0 Å². The number of rotatable bonds is 4. The lowest BCUT2D eigenvalue weighted by atomic mass is 9.85. The van der Waals surface area contributed by atoms with E-state index < -0.39 is 0 Å². The molecule has 7 rings (SSSR count). The second-order valence-corrected chi connectivity index (χ2v) is 13.9. The first kappa shape index (κ1) is 28.7. The van der Waals surface area contributed by atoms with Crippen molar-refractivity contribution in [1.82, 2.24) is 19.5 Å². The molecule has 0 fully saturated rings. The van der Waals surface area contributed by atoms with E-state index in [0.29, 0.717) is 17.5 Å². The Bertz CT molecular complexity index is 2030. The van der Waals surface area contributed by atoms with E-state index in [2.05, 4.69) is 107 Å². The molecular weight excluding hydrogens is 548 g/mol. The molecule has 7 aromatic rings. The fraction of sp³-hybridized carbons (Fsp3) is 0.195. The van der Waals surface area contributed by atoms with Crippen LogP contribution in [-0.4, -0.2) is 19.5 Å². The maximum Gasteiger partial charge on any atom is 0.166 e. The summed E-state index contributed by atoms with van der Waals surface area (Å²) in [5.41, 5.74) is 8.94. The van der Waals surface area contributed by atoms with Gasteiger partial charge in [0.15, 0.2) is 17.5 Å². The fourth-order valence-electron chi connectivity index (χ4n) is 6.00. The predicted molar refractivity (Wildman–Crippen MR) is 188 cm³/mol. The number of nitrogens with zero attached hydrogens (tertiary/aromatic N) is 4. The van der Waals surface area contributed by atoms with Crippen LogP contribution in [0.5, 0.6) is 0 Å². The predicted octanol–water partition coefficient (Wildman–Crippen LogP) is 10.6. The Kier molecular flexibility index (Phi) is 6.89. The van der Waals surface area contributed by atoms with Crippen molar-refractivity contribution >= 4 is 21.8 Å². The van der Waals surface area contributed by atoms with Gasteiger partial charge in [0.05, 0.1) is 16.7 Å². The fourth-order valence-corrected chi connectivity index (χ4v) is 6.00. The molecule has 0 aliphatic rings. The van der Waals surface area contributed by atoms with E-state index >= 15 is 0 Å². The molecule has 0 atom stereocenters. The average molecular weight is 587 g/mol. The van der Waals surface area contributed by atoms with Gasteiger partial charge in [-0.3, -0.25) is 0 Å². The molecule has 0 aliphatic heterocycles. The van der Waals surface area contributed by atoms with Crippen LogP contribution < -0.4 is 0 Å². The van der Waals surface area contributed by atoms with Crippen molar-refractivity contribution in [1.29, 1.82) is 0 Å². The minimum absolute atomic E-state index is 0.0364. The summed E-state index contributed by atoms with van der Waals surface area (Å²) in [5, 5.41) is 2.51. The van der Waals surface area contributed by atoms with Crippen LogP contribution in [0.3, 0.4) is 0 Å². The topological polar surface area (TPSA) is 43.6 Å². The van der Waals surface area contributed by atoms with E-state index in [4.69, 9.17) is 15.0 Å².